The number of hydrogen-bond donors (Lipinski definition) is 2. The van der Waals surface area contributed by atoms with Crippen molar-refractivity contribution in [1.82, 2.24) is 15.5 Å². The maximum absolute atomic E-state index is 11.6. The molecule has 1 aliphatic rings. The molecule has 0 radical (unpaired) electrons. The first kappa shape index (κ1) is 23.3. The summed E-state index contributed by atoms with van der Waals surface area (Å²) in [5.74, 6) is 1.86. The Bertz CT molecular complexity index is 599. The number of aliphatic imine (C=N–C) groups is 1. The van der Waals surface area contributed by atoms with Crippen molar-refractivity contribution in [2.24, 2.45) is 10.9 Å². The zero-order chi connectivity index (χ0) is 18.9. The molecular weight excluding hydrogens is 457 g/mol. The lowest BCUT2D eigenvalue weighted by atomic mass is 10.2. The van der Waals surface area contributed by atoms with Crippen LogP contribution in [0.2, 0.25) is 0 Å². The summed E-state index contributed by atoms with van der Waals surface area (Å²) in [7, 11) is 3.48. The molecule has 0 unspecified atom stereocenters. The average Bonchev–Trinajstić information content (AvgIpc) is 2.68. The van der Waals surface area contributed by atoms with Gasteiger partial charge in [-0.2, -0.15) is 0 Å². The van der Waals surface area contributed by atoms with E-state index in [1.165, 1.54) is 5.69 Å². The predicted octanol–water partition coefficient (Wildman–Crippen LogP) is 1.78. The van der Waals surface area contributed by atoms with Crippen LogP contribution in [0.25, 0.3) is 0 Å². The Hall–Kier alpha value is -1.71. The van der Waals surface area contributed by atoms with Crippen LogP contribution in [0, 0.1) is 5.92 Å². The second-order valence-electron chi connectivity index (χ2n) is 6.59. The number of methoxy groups -OCH3 is 1. The van der Waals surface area contributed by atoms with Gasteiger partial charge in [0.1, 0.15) is 5.75 Å². The van der Waals surface area contributed by atoms with Crippen LogP contribution in [0.5, 0.6) is 5.75 Å². The topological polar surface area (TPSA) is 69.2 Å². The molecule has 0 bridgehead atoms. The fourth-order valence-corrected chi connectivity index (χ4v) is 2.87. The minimum absolute atomic E-state index is 0. The zero-order valence-corrected chi connectivity index (χ0v) is 19.0. The van der Waals surface area contributed by atoms with Crippen LogP contribution in [0.4, 0.5) is 5.69 Å². The Morgan fingerprint density at radius 2 is 1.70 bits per heavy atom. The highest BCUT2D eigenvalue weighted by Crippen LogP contribution is 2.20. The van der Waals surface area contributed by atoms with Crippen LogP contribution in [0.15, 0.2) is 29.3 Å². The van der Waals surface area contributed by atoms with Gasteiger partial charge in [0, 0.05) is 57.9 Å². The van der Waals surface area contributed by atoms with Crippen molar-refractivity contribution in [2.45, 2.75) is 13.8 Å². The summed E-state index contributed by atoms with van der Waals surface area (Å²) in [6.45, 7) is 8.75. The normalized spacial score (nSPS) is 14.6. The van der Waals surface area contributed by atoms with Gasteiger partial charge >= 0.3 is 0 Å². The number of carbonyl (C=O) groups is 1. The lowest BCUT2D eigenvalue weighted by Crippen LogP contribution is -2.53. The van der Waals surface area contributed by atoms with Crippen LogP contribution in [0.3, 0.4) is 0 Å². The van der Waals surface area contributed by atoms with Gasteiger partial charge in [-0.3, -0.25) is 9.79 Å². The van der Waals surface area contributed by atoms with E-state index in [4.69, 9.17) is 4.74 Å². The van der Waals surface area contributed by atoms with Crippen molar-refractivity contribution in [3.63, 3.8) is 0 Å². The molecule has 0 aliphatic carbocycles. The van der Waals surface area contributed by atoms with Crippen molar-refractivity contribution in [3.8, 4) is 5.75 Å². The Morgan fingerprint density at radius 3 is 2.22 bits per heavy atom. The molecule has 152 valence electrons. The van der Waals surface area contributed by atoms with Crippen molar-refractivity contribution < 1.29 is 9.53 Å². The van der Waals surface area contributed by atoms with Gasteiger partial charge in [0.2, 0.25) is 5.91 Å². The Balaban J connectivity index is 0.00000364. The first-order valence-corrected chi connectivity index (χ1v) is 9.17. The summed E-state index contributed by atoms with van der Waals surface area (Å²) in [5, 5.41) is 6.24. The number of nitrogens with zero attached hydrogens (tertiary/aromatic N) is 3. The third-order valence-corrected chi connectivity index (χ3v) is 4.46. The number of amides is 1. The predicted molar refractivity (Wildman–Crippen MR) is 121 cm³/mol. The number of halogens is 1. The first-order chi connectivity index (χ1) is 12.5. The fourth-order valence-electron chi connectivity index (χ4n) is 2.87. The number of nitrogens with one attached hydrogen (secondary N) is 2. The SMILES string of the molecule is CN=C(NCCNC(=O)C(C)C)N1CCN(c2ccc(OC)cc2)CC1.I. The van der Waals surface area contributed by atoms with E-state index >= 15 is 0 Å². The van der Waals surface area contributed by atoms with E-state index in [-0.39, 0.29) is 35.8 Å². The summed E-state index contributed by atoms with van der Waals surface area (Å²) in [4.78, 5) is 20.6. The molecule has 8 heteroatoms. The van der Waals surface area contributed by atoms with Gasteiger partial charge in [0.05, 0.1) is 7.11 Å². The van der Waals surface area contributed by atoms with E-state index in [1.54, 1.807) is 14.2 Å². The van der Waals surface area contributed by atoms with E-state index < -0.39 is 0 Å². The van der Waals surface area contributed by atoms with E-state index in [0.29, 0.717) is 13.1 Å². The number of benzene rings is 1. The summed E-state index contributed by atoms with van der Waals surface area (Å²) in [6.07, 6.45) is 0. The van der Waals surface area contributed by atoms with Crippen LogP contribution in [-0.2, 0) is 4.79 Å². The number of ether oxygens (including phenoxy) is 1. The molecule has 0 atom stereocenters. The molecule has 1 aromatic carbocycles. The molecule has 1 aromatic rings. The van der Waals surface area contributed by atoms with Gasteiger partial charge in [0.15, 0.2) is 5.96 Å². The molecule has 1 saturated heterocycles. The number of carbonyl (C=O) groups excluding carboxylic acids is 1. The largest absolute Gasteiger partial charge is 0.497 e. The van der Waals surface area contributed by atoms with Gasteiger partial charge in [-0.1, -0.05) is 13.8 Å². The van der Waals surface area contributed by atoms with Crippen molar-refractivity contribution in [2.75, 3.05) is 58.3 Å². The number of hydrogen-bond acceptors (Lipinski definition) is 4. The van der Waals surface area contributed by atoms with Crippen molar-refractivity contribution >= 4 is 41.5 Å². The Morgan fingerprint density at radius 1 is 1.11 bits per heavy atom. The minimum atomic E-state index is 0. The van der Waals surface area contributed by atoms with Gasteiger partial charge < -0.3 is 25.2 Å². The van der Waals surface area contributed by atoms with Gasteiger partial charge in [-0.25, -0.2) is 0 Å². The molecular formula is C19H32IN5O2. The van der Waals surface area contributed by atoms with Crippen LogP contribution in [0.1, 0.15) is 13.8 Å². The number of rotatable bonds is 6. The fraction of sp³-hybridized carbons (Fsp3) is 0.579. The minimum Gasteiger partial charge on any atom is -0.497 e. The van der Waals surface area contributed by atoms with Crippen LogP contribution < -0.4 is 20.3 Å². The molecule has 27 heavy (non-hydrogen) atoms. The Kier molecular flexibility index (Phi) is 10.3. The van der Waals surface area contributed by atoms with Gasteiger partial charge in [-0.15, -0.1) is 24.0 Å². The highest BCUT2D eigenvalue weighted by molar-refractivity contribution is 14.0. The average molecular weight is 489 g/mol. The highest BCUT2D eigenvalue weighted by Gasteiger charge is 2.19. The van der Waals surface area contributed by atoms with Crippen LogP contribution in [-0.4, -0.2) is 70.2 Å². The molecule has 1 fully saturated rings. The molecule has 0 aromatic heterocycles. The summed E-state index contributed by atoms with van der Waals surface area (Å²) >= 11 is 0. The van der Waals surface area contributed by atoms with E-state index in [0.717, 1.165) is 37.9 Å². The smallest absolute Gasteiger partial charge is 0.222 e. The molecule has 2 rings (SSSR count). The summed E-state index contributed by atoms with van der Waals surface area (Å²) in [5.41, 5.74) is 1.21. The number of guanidine groups is 1. The molecule has 7 nitrogen and oxygen atoms in total. The summed E-state index contributed by atoms with van der Waals surface area (Å²) < 4.78 is 5.22. The lowest BCUT2D eigenvalue weighted by molar-refractivity contribution is -0.123. The second-order valence-corrected chi connectivity index (χ2v) is 6.59. The maximum atomic E-state index is 11.6. The van der Waals surface area contributed by atoms with E-state index in [2.05, 4.69) is 37.6 Å². The summed E-state index contributed by atoms with van der Waals surface area (Å²) in [6, 6.07) is 8.18. The van der Waals surface area contributed by atoms with Gasteiger partial charge in [0.25, 0.3) is 0 Å². The van der Waals surface area contributed by atoms with Crippen molar-refractivity contribution in [3.05, 3.63) is 24.3 Å². The molecule has 0 saturated carbocycles. The molecule has 1 aliphatic heterocycles. The van der Waals surface area contributed by atoms with Crippen LogP contribution >= 0.6 is 24.0 Å². The van der Waals surface area contributed by atoms with Crippen molar-refractivity contribution in [1.29, 1.82) is 0 Å². The first-order valence-electron chi connectivity index (χ1n) is 9.17. The monoisotopic (exact) mass is 489 g/mol. The quantitative estimate of drug-likeness (QED) is 0.276. The number of anilines is 1. The number of piperazine rings is 1. The zero-order valence-electron chi connectivity index (χ0n) is 16.7. The highest BCUT2D eigenvalue weighted by atomic mass is 127. The third kappa shape index (κ3) is 7.08. The Labute approximate surface area is 179 Å². The van der Waals surface area contributed by atoms with E-state index in [9.17, 15) is 4.79 Å². The van der Waals surface area contributed by atoms with E-state index in [1.807, 2.05) is 26.0 Å². The second kappa shape index (κ2) is 11.9. The lowest BCUT2D eigenvalue weighted by Gasteiger charge is -2.37. The molecule has 0 spiro atoms. The standard InChI is InChI=1S/C19H31N5O2.HI/c1-15(2)18(25)21-9-10-22-19(20-3)24-13-11-23(12-14-24)16-5-7-17(26-4)8-6-16;/h5-8,15H,9-14H2,1-4H3,(H,20,22)(H,21,25);1H. The third-order valence-electron chi connectivity index (χ3n) is 4.46. The molecule has 2 N–H and O–H groups in total. The molecule has 1 amide bonds. The molecule has 1 heterocycles. The van der Waals surface area contributed by atoms with Gasteiger partial charge in [-0.05, 0) is 24.3 Å². The maximum Gasteiger partial charge on any atom is 0.222 e.